The van der Waals surface area contributed by atoms with Gasteiger partial charge in [-0.05, 0) is 69.5 Å². The van der Waals surface area contributed by atoms with Crippen LogP contribution in [-0.4, -0.2) is 40.4 Å². The predicted octanol–water partition coefficient (Wildman–Crippen LogP) is 5.47. The van der Waals surface area contributed by atoms with E-state index in [9.17, 15) is 18.8 Å². The van der Waals surface area contributed by atoms with Gasteiger partial charge in [-0.15, -0.1) is 0 Å². The fraction of sp³-hybridized carbons (Fsp3) is 0.357. The number of hydrogen-bond donors (Lipinski definition) is 0. The highest BCUT2D eigenvalue weighted by Gasteiger charge is 2.25. The average molecular weight is 529 g/mol. The minimum Gasteiger partial charge on any atom is -0.495 e. The third-order valence-electron chi connectivity index (χ3n) is 5.69. The summed E-state index contributed by atoms with van der Waals surface area (Å²) in [6.07, 6.45) is 4.01. The van der Waals surface area contributed by atoms with Gasteiger partial charge in [0.1, 0.15) is 11.6 Å². The number of halogens is 2. The van der Waals surface area contributed by atoms with Crippen molar-refractivity contribution >= 4 is 23.2 Å². The number of benzene rings is 1. The first-order chi connectivity index (χ1) is 17.4. The molecule has 0 aliphatic rings. The van der Waals surface area contributed by atoms with Crippen LogP contribution in [0.25, 0.3) is 11.1 Å². The maximum absolute atomic E-state index is 13.7. The van der Waals surface area contributed by atoms with Crippen molar-refractivity contribution in [3.8, 4) is 16.9 Å². The van der Waals surface area contributed by atoms with Crippen molar-refractivity contribution in [2.45, 2.75) is 52.2 Å². The van der Waals surface area contributed by atoms with E-state index in [1.165, 1.54) is 43.1 Å². The van der Waals surface area contributed by atoms with Crippen LogP contribution in [0.1, 0.15) is 56.1 Å². The SMILES string of the molecule is COc1cn(C(CCOC(C)(C)C)C(=O)Cc2cncc(F)c2)c(=O)cc1-c1cc(Cl)ccc1C(C)=O. The summed E-state index contributed by atoms with van der Waals surface area (Å²) in [6, 6.07) is 6.44. The van der Waals surface area contributed by atoms with Gasteiger partial charge < -0.3 is 14.0 Å². The lowest BCUT2D eigenvalue weighted by Crippen LogP contribution is -2.32. The number of rotatable bonds is 10. The molecule has 9 heteroatoms. The van der Waals surface area contributed by atoms with Crippen LogP contribution in [0.5, 0.6) is 5.75 Å². The maximum Gasteiger partial charge on any atom is 0.252 e. The molecule has 3 rings (SSSR count). The molecule has 1 unspecified atom stereocenters. The van der Waals surface area contributed by atoms with Crippen molar-refractivity contribution in [1.29, 1.82) is 0 Å². The monoisotopic (exact) mass is 528 g/mol. The Morgan fingerprint density at radius 2 is 1.86 bits per heavy atom. The van der Waals surface area contributed by atoms with Crippen molar-refractivity contribution in [1.82, 2.24) is 9.55 Å². The zero-order valence-electron chi connectivity index (χ0n) is 21.5. The van der Waals surface area contributed by atoms with E-state index in [2.05, 4.69) is 4.98 Å². The number of ether oxygens (including phenoxy) is 2. The second-order valence-electron chi connectivity index (χ2n) is 9.67. The summed E-state index contributed by atoms with van der Waals surface area (Å²) in [4.78, 5) is 42.8. The van der Waals surface area contributed by atoms with Crippen LogP contribution < -0.4 is 10.3 Å². The Morgan fingerprint density at radius 3 is 2.49 bits per heavy atom. The first kappa shape index (κ1) is 28.2. The molecular weight excluding hydrogens is 499 g/mol. The molecule has 0 saturated heterocycles. The number of hydrogen-bond acceptors (Lipinski definition) is 6. The average Bonchev–Trinajstić information content (AvgIpc) is 2.81. The molecule has 1 atom stereocenters. The van der Waals surface area contributed by atoms with E-state index in [1.807, 2.05) is 20.8 Å². The van der Waals surface area contributed by atoms with E-state index >= 15 is 0 Å². The van der Waals surface area contributed by atoms with Crippen LogP contribution in [-0.2, 0) is 16.0 Å². The second-order valence-corrected chi connectivity index (χ2v) is 10.1. The lowest BCUT2D eigenvalue weighted by atomic mass is 9.97. The van der Waals surface area contributed by atoms with Gasteiger partial charge in [0, 0.05) is 41.4 Å². The van der Waals surface area contributed by atoms with Gasteiger partial charge in [0.05, 0.1) is 31.1 Å². The molecule has 0 spiro atoms. The number of methoxy groups -OCH3 is 1. The van der Waals surface area contributed by atoms with E-state index in [4.69, 9.17) is 21.1 Å². The summed E-state index contributed by atoms with van der Waals surface area (Å²) in [5.41, 5.74) is 0.686. The number of carbonyl (C=O) groups excluding carboxylic acids is 2. The van der Waals surface area contributed by atoms with Crippen LogP contribution >= 0.6 is 11.6 Å². The van der Waals surface area contributed by atoms with Crippen LogP contribution in [0, 0.1) is 5.82 Å². The zero-order valence-corrected chi connectivity index (χ0v) is 22.3. The van der Waals surface area contributed by atoms with Gasteiger partial charge in [-0.2, -0.15) is 0 Å². The maximum atomic E-state index is 13.7. The number of Topliss-reactive ketones (excluding diaryl/α,β-unsaturated/α-hetero) is 2. The normalized spacial score (nSPS) is 12.3. The number of ketones is 2. The molecule has 0 saturated carbocycles. The minimum absolute atomic E-state index is 0.121. The van der Waals surface area contributed by atoms with E-state index < -0.39 is 23.0 Å². The Hall–Kier alpha value is -3.36. The molecule has 2 heterocycles. The summed E-state index contributed by atoms with van der Waals surface area (Å²) >= 11 is 6.19. The lowest BCUT2D eigenvalue weighted by Gasteiger charge is -2.24. The van der Waals surface area contributed by atoms with E-state index in [0.29, 0.717) is 27.3 Å². The summed E-state index contributed by atoms with van der Waals surface area (Å²) in [5, 5.41) is 0.391. The Bertz CT molecular complexity index is 1360. The predicted molar refractivity (Wildman–Crippen MR) is 140 cm³/mol. The molecule has 0 aliphatic carbocycles. The van der Waals surface area contributed by atoms with E-state index in [0.717, 1.165) is 6.20 Å². The topological polar surface area (TPSA) is 87.5 Å². The molecule has 0 bridgehead atoms. The number of carbonyl (C=O) groups is 2. The second kappa shape index (κ2) is 11.8. The van der Waals surface area contributed by atoms with Gasteiger partial charge >= 0.3 is 0 Å². The molecular formula is C28H30ClFN2O5. The van der Waals surface area contributed by atoms with Gasteiger partial charge in [0.15, 0.2) is 11.6 Å². The zero-order chi connectivity index (χ0) is 27.3. The molecule has 0 N–H and O–H groups in total. The largest absolute Gasteiger partial charge is 0.495 e. The fourth-order valence-electron chi connectivity index (χ4n) is 4.00. The third-order valence-corrected chi connectivity index (χ3v) is 5.92. The van der Waals surface area contributed by atoms with Gasteiger partial charge in [-0.1, -0.05) is 11.6 Å². The van der Waals surface area contributed by atoms with Crippen LogP contribution in [0.15, 0.2) is 53.7 Å². The summed E-state index contributed by atoms with van der Waals surface area (Å²) in [6.45, 7) is 7.31. The van der Waals surface area contributed by atoms with E-state index in [1.54, 1.807) is 18.2 Å². The van der Waals surface area contributed by atoms with Crippen molar-refractivity contribution in [2.24, 2.45) is 0 Å². The molecule has 0 radical (unpaired) electrons. The van der Waals surface area contributed by atoms with Crippen molar-refractivity contribution in [3.05, 3.63) is 81.2 Å². The molecule has 196 valence electrons. The van der Waals surface area contributed by atoms with Crippen molar-refractivity contribution < 1.29 is 23.5 Å². The van der Waals surface area contributed by atoms with Crippen molar-refractivity contribution in [3.63, 3.8) is 0 Å². The highest BCUT2D eigenvalue weighted by Crippen LogP contribution is 2.34. The van der Waals surface area contributed by atoms with Crippen LogP contribution in [0.3, 0.4) is 0 Å². The molecule has 0 fully saturated rings. The first-order valence-corrected chi connectivity index (χ1v) is 12.1. The highest BCUT2D eigenvalue weighted by atomic mass is 35.5. The third kappa shape index (κ3) is 7.33. The number of nitrogens with zero attached hydrogens (tertiary/aromatic N) is 2. The first-order valence-electron chi connectivity index (χ1n) is 11.8. The smallest absolute Gasteiger partial charge is 0.252 e. The highest BCUT2D eigenvalue weighted by molar-refractivity contribution is 6.31. The Kier molecular flexibility index (Phi) is 8.99. The minimum atomic E-state index is -0.910. The molecule has 0 aliphatic heterocycles. The molecule has 2 aromatic heterocycles. The molecule has 0 amide bonds. The van der Waals surface area contributed by atoms with Gasteiger partial charge in [0.25, 0.3) is 5.56 Å². The fourth-order valence-corrected chi connectivity index (χ4v) is 4.17. The van der Waals surface area contributed by atoms with Crippen molar-refractivity contribution in [2.75, 3.05) is 13.7 Å². The standard InChI is InChI=1S/C28H30ClFN2O5/c1-17(33)21-7-6-19(29)12-22(21)23-13-27(35)32(16-26(23)36-5)24(8-9-37-28(2,3)4)25(34)11-18-10-20(30)15-31-14-18/h6-7,10,12-16,24H,8-9,11H2,1-5H3. The summed E-state index contributed by atoms with van der Waals surface area (Å²) in [7, 11) is 1.43. The van der Waals surface area contributed by atoms with Crippen LogP contribution in [0.4, 0.5) is 4.39 Å². The quantitative estimate of drug-likeness (QED) is 0.324. The lowest BCUT2D eigenvalue weighted by molar-refractivity contribution is -0.122. The van der Waals surface area contributed by atoms with Crippen LogP contribution in [0.2, 0.25) is 5.02 Å². The van der Waals surface area contributed by atoms with E-state index in [-0.39, 0.29) is 36.8 Å². The summed E-state index contributed by atoms with van der Waals surface area (Å²) < 4.78 is 26.4. The molecule has 37 heavy (non-hydrogen) atoms. The number of aromatic nitrogens is 2. The Labute approximate surface area is 220 Å². The van der Waals surface area contributed by atoms with Gasteiger partial charge in [0.2, 0.25) is 0 Å². The Balaban J connectivity index is 2.08. The number of pyridine rings is 2. The Morgan fingerprint density at radius 1 is 1.14 bits per heavy atom. The molecule has 7 nitrogen and oxygen atoms in total. The molecule has 1 aromatic carbocycles. The molecule has 3 aromatic rings. The van der Waals surface area contributed by atoms with Gasteiger partial charge in [-0.3, -0.25) is 19.4 Å². The van der Waals surface area contributed by atoms with Gasteiger partial charge in [-0.25, -0.2) is 4.39 Å². The summed E-state index contributed by atoms with van der Waals surface area (Å²) in [5.74, 6) is -0.779.